The van der Waals surface area contributed by atoms with Gasteiger partial charge in [0.2, 0.25) is 5.91 Å². The van der Waals surface area contributed by atoms with Crippen molar-refractivity contribution in [2.24, 2.45) is 0 Å². The Kier molecular flexibility index (Phi) is 6.83. The maximum absolute atomic E-state index is 12.7. The van der Waals surface area contributed by atoms with E-state index in [4.69, 9.17) is 4.42 Å². The van der Waals surface area contributed by atoms with Crippen LogP contribution in [-0.2, 0) is 11.2 Å². The van der Waals surface area contributed by atoms with Gasteiger partial charge < -0.3 is 14.6 Å². The van der Waals surface area contributed by atoms with Gasteiger partial charge in [0.1, 0.15) is 0 Å². The van der Waals surface area contributed by atoms with Crippen LogP contribution in [0.3, 0.4) is 0 Å². The molecule has 1 aliphatic rings. The first kappa shape index (κ1) is 18.6. The molecule has 0 spiro atoms. The average molecular weight is 355 g/mol. The number of aryl methyl sites for hydroxylation is 1. The second-order valence-electron chi connectivity index (χ2n) is 6.91. The Balaban J connectivity index is 1.50. The van der Waals surface area contributed by atoms with E-state index in [0.717, 1.165) is 56.6 Å². The van der Waals surface area contributed by atoms with Crippen molar-refractivity contribution in [3.63, 3.8) is 0 Å². The van der Waals surface area contributed by atoms with E-state index in [1.54, 1.807) is 6.20 Å². The molecule has 1 aromatic carbocycles. The van der Waals surface area contributed by atoms with Crippen LogP contribution in [-0.4, -0.2) is 41.5 Å². The van der Waals surface area contributed by atoms with Crippen molar-refractivity contribution in [3.05, 3.63) is 42.4 Å². The van der Waals surface area contributed by atoms with Gasteiger partial charge in [0.05, 0.1) is 6.20 Å². The van der Waals surface area contributed by atoms with Crippen LogP contribution in [0, 0.1) is 0 Å². The van der Waals surface area contributed by atoms with Crippen molar-refractivity contribution >= 4 is 5.91 Å². The lowest BCUT2D eigenvalue weighted by Crippen LogP contribution is -2.46. The topological polar surface area (TPSA) is 58.4 Å². The molecule has 3 rings (SSSR count). The largest absolute Gasteiger partial charge is 0.441 e. The summed E-state index contributed by atoms with van der Waals surface area (Å²) in [5, 5.41) is 3.37. The van der Waals surface area contributed by atoms with E-state index < -0.39 is 0 Å². The molecule has 0 radical (unpaired) electrons. The molecule has 1 saturated heterocycles. The predicted molar refractivity (Wildman–Crippen MR) is 103 cm³/mol. The van der Waals surface area contributed by atoms with Gasteiger partial charge >= 0.3 is 0 Å². The second kappa shape index (κ2) is 9.53. The molecule has 2 aromatic rings. The number of aromatic nitrogens is 1. The van der Waals surface area contributed by atoms with Gasteiger partial charge in [-0.25, -0.2) is 4.98 Å². The van der Waals surface area contributed by atoms with Crippen LogP contribution in [0.4, 0.5) is 0 Å². The minimum atomic E-state index is 0.272. The molecule has 1 aliphatic heterocycles. The van der Waals surface area contributed by atoms with Crippen LogP contribution in [0.25, 0.3) is 11.3 Å². The lowest BCUT2D eigenvalue weighted by Gasteiger charge is -2.34. The molecule has 1 aromatic heterocycles. The van der Waals surface area contributed by atoms with Crippen LogP contribution >= 0.6 is 0 Å². The SMILES string of the molecule is CCCN(C(=O)CCCc1ncc(-c2ccccc2)o1)C1CCNCC1. The highest BCUT2D eigenvalue weighted by atomic mass is 16.4. The molecule has 0 bridgehead atoms. The molecule has 140 valence electrons. The molecular formula is C21H29N3O2. The van der Waals surface area contributed by atoms with E-state index >= 15 is 0 Å². The Labute approximate surface area is 155 Å². The highest BCUT2D eigenvalue weighted by Crippen LogP contribution is 2.21. The Morgan fingerprint density at radius 3 is 2.77 bits per heavy atom. The zero-order valence-electron chi connectivity index (χ0n) is 15.6. The molecule has 0 atom stereocenters. The third-order valence-electron chi connectivity index (χ3n) is 4.93. The molecule has 0 saturated carbocycles. The van der Waals surface area contributed by atoms with E-state index in [9.17, 15) is 4.79 Å². The van der Waals surface area contributed by atoms with Crippen LogP contribution in [0.2, 0.25) is 0 Å². The van der Waals surface area contributed by atoms with Gasteiger partial charge in [-0.2, -0.15) is 0 Å². The van der Waals surface area contributed by atoms with Gasteiger partial charge in [0.25, 0.3) is 0 Å². The monoisotopic (exact) mass is 355 g/mol. The van der Waals surface area contributed by atoms with Crippen LogP contribution in [0.5, 0.6) is 0 Å². The Morgan fingerprint density at radius 2 is 2.04 bits per heavy atom. The van der Waals surface area contributed by atoms with Crippen molar-refractivity contribution in [3.8, 4) is 11.3 Å². The second-order valence-corrected chi connectivity index (χ2v) is 6.91. The number of piperidine rings is 1. The molecule has 5 heteroatoms. The molecule has 0 aliphatic carbocycles. The summed E-state index contributed by atoms with van der Waals surface area (Å²) in [6.45, 7) is 5.02. The van der Waals surface area contributed by atoms with E-state index in [0.29, 0.717) is 24.8 Å². The maximum atomic E-state index is 12.7. The van der Waals surface area contributed by atoms with Gasteiger partial charge in [0, 0.05) is 31.0 Å². The van der Waals surface area contributed by atoms with Crippen molar-refractivity contribution < 1.29 is 9.21 Å². The van der Waals surface area contributed by atoms with E-state index in [-0.39, 0.29) is 5.91 Å². The number of carbonyl (C=O) groups excluding carboxylic acids is 1. The van der Waals surface area contributed by atoms with Gasteiger partial charge in [-0.1, -0.05) is 37.3 Å². The zero-order chi connectivity index (χ0) is 18.2. The number of benzene rings is 1. The van der Waals surface area contributed by atoms with Crippen LogP contribution in [0.1, 0.15) is 44.9 Å². The number of carbonyl (C=O) groups is 1. The average Bonchev–Trinajstić information content (AvgIpc) is 3.16. The summed E-state index contributed by atoms with van der Waals surface area (Å²) in [6.07, 6.45) is 6.94. The maximum Gasteiger partial charge on any atom is 0.222 e. The number of nitrogens with one attached hydrogen (secondary N) is 1. The van der Waals surface area contributed by atoms with Gasteiger partial charge in [-0.05, 0) is 38.8 Å². The summed E-state index contributed by atoms with van der Waals surface area (Å²) in [6, 6.07) is 10.4. The third kappa shape index (κ3) is 4.94. The van der Waals surface area contributed by atoms with E-state index in [1.165, 1.54) is 0 Å². The van der Waals surface area contributed by atoms with Crippen molar-refractivity contribution in [2.45, 2.75) is 51.5 Å². The Hall–Kier alpha value is -2.14. The minimum Gasteiger partial charge on any atom is -0.441 e. The van der Waals surface area contributed by atoms with Crippen molar-refractivity contribution in [1.29, 1.82) is 0 Å². The quantitative estimate of drug-likeness (QED) is 0.785. The molecule has 26 heavy (non-hydrogen) atoms. The number of oxazole rings is 1. The highest BCUT2D eigenvalue weighted by Gasteiger charge is 2.24. The lowest BCUT2D eigenvalue weighted by atomic mass is 10.0. The fraction of sp³-hybridized carbons (Fsp3) is 0.524. The molecule has 5 nitrogen and oxygen atoms in total. The highest BCUT2D eigenvalue weighted by molar-refractivity contribution is 5.76. The standard InChI is InChI=1S/C21H29N3O2/c1-2-15-24(18-11-13-22-14-12-18)21(25)10-6-9-20-23-16-19(26-20)17-7-4-3-5-8-17/h3-5,7-8,16,18,22H,2,6,9-15H2,1H3. The predicted octanol–water partition coefficient (Wildman–Crippen LogP) is 3.65. The number of rotatable bonds is 8. The first-order valence-corrected chi connectivity index (χ1v) is 9.78. The van der Waals surface area contributed by atoms with Crippen molar-refractivity contribution in [2.75, 3.05) is 19.6 Å². The van der Waals surface area contributed by atoms with Crippen LogP contribution < -0.4 is 5.32 Å². The lowest BCUT2D eigenvalue weighted by molar-refractivity contribution is -0.134. The molecule has 0 unspecified atom stereocenters. The van der Waals surface area contributed by atoms with Crippen molar-refractivity contribution in [1.82, 2.24) is 15.2 Å². The summed E-state index contributed by atoms with van der Waals surface area (Å²) in [4.78, 5) is 19.2. The number of amides is 1. The normalized spacial score (nSPS) is 15.1. The number of hydrogen-bond acceptors (Lipinski definition) is 4. The Bertz CT molecular complexity index is 678. The summed E-state index contributed by atoms with van der Waals surface area (Å²) in [7, 11) is 0. The smallest absolute Gasteiger partial charge is 0.222 e. The van der Waals surface area contributed by atoms with E-state index in [1.807, 2.05) is 30.3 Å². The third-order valence-corrected chi connectivity index (χ3v) is 4.93. The zero-order valence-corrected chi connectivity index (χ0v) is 15.6. The Morgan fingerprint density at radius 1 is 1.27 bits per heavy atom. The molecular weight excluding hydrogens is 326 g/mol. The number of hydrogen-bond donors (Lipinski definition) is 1. The van der Waals surface area contributed by atoms with Gasteiger partial charge in [-0.3, -0.25) is 4.79 Å². The van der Waals surface area contributed by atoms with Gasteiger partial charge in [-0.15, -0.1) is 0 Å². The first-order valence-electron chi connectivity index (χ1n) is 9.78. The molecule has 1 fully saturated rings. The summed E-state index contributed by atoms with van der Waals surface area (Å²) >= 11 is 0. The summed E-state index contributed by atoms with van der Waals surface area (Å²) < 4.78 is 5.83. The molecule has 1 N–H and O–H groups in total. The summed E-state index contributed by atoms with van der Waals surface area (Å²) in [5.74, 6) is 1.77. The molecule has 2 heterocycles. The van der Waals surface area contributed by atoms with Crippen LogP contribution in [0.15, 0.2) is 40.9 Å². The summed E-state index contributed by atoms with van der Waals surface area (Å²) in [5.41, 5.74) is 1.03. The minimum absolute atomic E-state index is 0.272. The first-order chi connectivity index (χ1) is 12.8. The molecule has 1 amide bonds. The fourth-order valence-electron chi connectivity index (χ4n) is 3.57. The fourth-order valence-corrected chi connectivity index (χ4v) is 3.57. The van der Waals surface area contributed by atoms with Gasteiger partial charge in [0.15, 0.2) is 11.7 Å². The number of nitrogens with zero attached hydrogens (tertiary/aromatic N) is 2. The van der Waals surface area contributed by atoms with E-state index in [2.05, 4.69) is 22.1 Å².